The number of hydrogen-bond acceptors (Lipinski definition) is 1. The first-order valence-corrected chi connectivity index (χ1v) is 3.73. The Balaban J connectivity index is 0.000000561. The zero-order chi connectivity index (χ0) is 9.56. The van der Waals surface area contributed by atoms with E-state index in [2.05, 4.69) is 19.7 Å². The van der Waals surface area contributed by atoms with Crippen molar-refractivity contribution in [3.8, 4) is 0 Å². The second-order valence-corrected chi connectivity index (χ2v) is 2.28. The van der Waals surface area contributed by atoms with Crippen molar-refractivity contribution in [2.24, 2.45) is 0 Å². The summed E-state index contributed by atoms with van der Waals surface area (Å²) in [4.78, 5) is 0. The lowest BCUT2D eigenvalue weighted by molar-refractivity contribution is 1.45. The second-order valence-electron chi connectivity index (χ2n) is 2.28. The highest BCUT2D eigenvalue weighted by Crippen LogP contribution is 2.16. The molecule has 1 nitrogen and oxygen atoms in total. The van der Waals surface area contributed by atoms with Crippen LogP contribution in [0.15, 0.2) is 37.9 Å². The number of anilines is 1. The number of rotatable bonds is 1. The zero-order valence-electron chi connectivity index (χ0n) is 7.51. The molecule has 0 aliphatic carbocycles. The average molecular weight is 161 g/mol. The van der Waals surface area contributed by atoms with Gasteiger partial charge in [-0.2, -0.15) is 0 Å². The Labute approximate surface area is 74.2 Å². The first kappa shape index (κ1) is 10.5. The van der Waals surface area contributed by atoms with Crippen LogP contribution in [0.2, 0.25) is 0 Å². The molecule has 0 saturated carbocycles. The summed E-state index contributed by atoms with van der Waals surface area (Å²) < 4.78 is 0. The van der Waals surface area contributed by atoms with Gasteiger partial charge in [-0.1, -0.05) is 24.8 Å². The molecule has 0 atom stereocenters. The fourth-order valence-corrected chi connectivity index (χ4v) is 0.982. The summed E-state index contributed by atoms with van der Waals surface area (Å²) in [6, 6.07) is 5.84. The first-order valence-electron chi connectivity index (χ1n) is 3.73. The maximum Gasteiger partial charge on any atom is 0.0390 e. The molecule has 1 heteroatoms. The van der Waals surface area contributed by atoms with Crippen molar-refractivity contribution in [1.82, 2.24) is 0 Å². The molecule has 0 fully saturated rings. The summed E-state index contributed by atoms with van der Waals surface area (Å²) in [5, 5.41) is 0. The summed E-state index contributed by atoms with van der Waals surface area (Å²) in [6.07, 6.45) is 1.78. The van der Waals surface area contributed by atoms with Crippen LogP contribution in [0.1, 0.15) is 11.1 Å². The van der Waals surface area contributed by atoms with Gasteiger partial charge in [0.15, 0.2) is 0 Å². The predicted molar refractivity (Wildman–Crippen MR) is 56.9 cm³/mol. The molecule has 1 aromatic rings. The van der Waals surface area contributed by atoms with E-state index in [0.717, 1.165) is 11.3 Å². The Morgan fingerprint density at radius 2 is 1.92 bits per heavy atom. The van der Waals surface area contributed by atoms with Crippen LogP contribution in [0.3, 0.4) is 0 Å². The molecule has 2 N–H and O–H groups in total. The lowest BCUT2D eigenvalue weighted by atomic mass is 10.1. The SMILES string of the molecule is C=C.C=Cc1c(C)cccc1N. The highest BCUT2D eigenvalue weighted by atomic mass is 14.6. The summed E-state index contributed by atoms with van der Waals surface area (Å²) in [5.41, 5.74) is 8.68. The van der Waals surface area contributed by atoms with Crippen LogP contribution in [0.5, 0.6) is 0 Å². The minimum absolute atomic E-state index is 0.801. The third-order valence-electron chi connectivity index (χ3n) is 1.56. The van der Waals surface area contributed by atoms with Crippen LogP contribution >= 0.6 is 0 Å². The van der Waals surface area contributed by atoms with Gasteiger partial charge in [0.25, 0.3) is 0 Å². The summed E-state index contributed by atoms with van der Waals surface area (Å²) >= 11 is 0. The molecular formula is C11H15N. The minimum Gasteiger partial charge on any atom is -0.398 e. The maximum absolute atomic E-state index is 5.66. The largest absolute Gasteiger partial charge is 0.398 e. The Bertz CT molecular complexity index is 243. The lowest BCUT2D eigenvalue weighted by Crippen LogP contribution is -1.90. The van der Waals surface area contributed by atoms with Crippen molar-refractivity contribution in [2.75, 3.05) is 5.73 Å². The van der Waals surface area contributed by atoms with Crippen LogP contribution in [0.4, 0.5) is 5.69 Å². The number of nitrogen functional groups attached to an aromatic ring is 1. The smallest absolute Gasteiger partial charge is 0.0390 e. The van der Waals surface area contributed by atoms with Gasteiger partial charge < -0.3 is 5.73 Å². The first-order chi connectivity index (χ1) is 5.75. The lowest BCUT2D eigenvalue weighted by Gasteiger charge is -2.02. The third kappa shape index (κ3) is 2.27. The van der Waals surface area contributed by atoms with E-state index in [4.69, 9.17) is 5.73 Å². The van der Waals surface area contributed by atoms with Crippen LogP contribution in [0.25, 0.3) is 6.08 Å². The van der Waals surface area contributed by atoms with Crippen molar-refractivity contribution >= 4 is 11.8 Å². The Kier molecular flexibility index (Phi) is 4.54. The molecule has 0 aliphatic rings. The van der Waals surface area contributed by atoms with Crippen molar-refractivity contribution in [3.05, 3.63) is 49.1 Å². The molecule has 0 spiro atoms. The molecule has 0 heterocycles. The molecule has 0 aromatic heterocycles. The molecule has 0 aliphatic heterocycles. The highest BCUT2D eigenvalue weighted by molar-refractivity contribution is 5.66. The normalized spacial score (nSPS) is 8.08. The maximum atomic E-state index is 5.66. The molecular weight excluding hydrogens is 146 g/mol. The van der Waals surface area contributed by atoms with Gasteiger partial charge in [0.1, 0.15) is 0 Å². The highest BCUT2D eigenvalue weighted by Gasteiger charge is 1.95. The van der Waals surface area contributed by atoms with Gasteiger partial charge in [0.05, 0.1) is 0 Å². The molecule has 0 bridgehead atoms. The van der Waals surface area contributed by atoms with E-state index in [1.807, 2.05) is 25.1 Å². The zero-order valence-corrected chi connectivity index (χ0v) is 7.51. The average Bonchev–Trinajstić information content (AvgIpc) is 2.08. The monoisotopic (exact) mass is 161 g/mol. The Morgan fingerprint density at radius 3 is 2.25 bits per heavy atom. The van der Waals surface area contributed by atoms with Gasteiger partial charge in [0, 0.05) is 5.69 Å². The van der Waals surface area contributed by atoms with Crippen molar-refractivity contribution < 1.29 is 0 Å². The van der Waals surface area contributed by atoms with Gasteiger partial charge >= 0.3 is 0 Å². The van der Waals surface area contributed by atoms with Crippen molar-refractivity contribution in [3.63, 3.8) is 0 Å². The topological polar surface area (TPSA) is 26.0 Å². The van der Waals surface area contributed by atoms with Gasteiger partial charge in [-0.25, -0.2) is 0 Å². The predicted octanol–water partition coefficient (Wildman–Crippen LogP) is 3.02. The summed E-state index contributed by atoms with van der Waals surface area (Å²) in [5.74, 6) is 0. The number of nitrogens with two attached hydrogens (primary N) is 1. The van der Waals surface area contributed by atoms with E-state index in [-0.39, 0.29) is 0 Å². The van der Waals surface area contributed by atoms with Gasteiger partial charge in [-0.15, -0.1) is 13.2 Å². The molecule has 12 heavy (non-hydrogen) atoms. The van der Waals surface area contributed by atoms with Crippen LogP contribution in [0, 0.1) is 6.92 Å². The fourth-order valence-electron chi connectivity index (χ4n) is 0.982. The molecule has 0 unspecified atom stereocenters. The van der Waals surface area contributed by atoms with Crippen LogP contribution in [-0.4, -0.2) is 0 Å². The standard InChI is InChI=1S/C9H11N.C2H4/c1-3-8-7(2)5-4-6-9(8)10;1-2/h3-6H,1,10H2,2H3;1-2H2. The number of aryl methyl sites for hydroxylation is 1. The summed E-state index contributed by atoms with van der Waals surface area (Å²) in [7, 11) is 0. The van der Waals surface area contributed by atoms with E-state index < -0.39 is 0 Å². The fraction of sp³-hybridized carbons (Fsp3) is 0.0909. The third-order valence-corrected chi connectivity index (χ3v) is 1.56. The van der Waals surface area contributed by atoms with Crippen molar-refractivity contribution in [1.29, 1.82) is 0 Å². The molecule has 0 radical (unpaired) electrons. The van der Waals surface area contributed by atoms with Gasteiger partial charge in [-0.3, -0.25) is 0 Å². The van der Waals surface area contributed by atoms with Crippen molar-refractivity contribution in [2.45, 2.75) is 6.92 Å². The summed E-state index contributed by atoms with van der Waals surface area (Å²) in [6.45, 7) is 11.7. The van der Waals surface area contributed by atoms with Gasteiger partial charge in [0.2, 0.25) is 0 Å². The molecule has 1 aromatic carbocycles. The Hall–Kier alpha value is -1.50. The molecule has 0 saturated heterocycles. The minimum atomic E-state index is 0.801. The van der Waals surface area contributed by atoms with Gasteiger partial charge in [-0.05, 0) is 24.1 Å². The van der Waals surface area contributed by atoms with E-state index in [9.17, 15) is 0 Å². The van der Waals surface area contributed by atoms with Crippen LogP contribution < -0.4 is 5.73 Å². The molecule has 0 amide bonds. The Morgan fingerprint density at radius 1 is 1.33 bits per heavy atom. The van der Waals surface area contributed by atoms with E-state index >= 15 is 0 Å². The van der Waals surface area contributed by atoms with E-state index in [1.165, 1.54) is 5.56 Å². The van der Waals surface area contributed by atoms with E-state index in [1.54, 1.807) is 6.08 Å². The quantitative estimate of drug-likeness (QED) is 0.497. The molecule has 1 rings (SSSR count). The van der Waals surface area contributed by atoms with Crippen LogP contribution in [-0.2, 0) is 0 Å². The molecule has 64 valence electrons. The van der Waals surface area contributed by atoms with E-state index in [0.29, 0.717) is 0 Å². The number of benzene rings is 1. The second kappa shape index (κ2) is 5.19. The number of hydrogen-bond donors (Lipinski definition) is 1.